The topological polar surface area (TPSA) is 38.9 Å². The van der Waals surface area contributed by atoms with Gasteiger partial charge in [-0.1, -0.05) is 20.8 Å². The van der Waals surface area contributed by atoms with E-state index in [0.29, 0.717) is 0 Å². The van der Waals surface area contributed by atoms with E-state index < -0.39 is 0 Å². The maximum Gasteiger partial charge on any atom is 0.0985 e. The maximum absolute atomic E-state index is 5.62. The van der Waals surface area contributed by atoms with Crippen molar-refractivity contribution in [3.05, 3.63) is 18.3 Å². The Morgan fingerprint density at radius 3 is 2.58 bits per heavy atom. The number of nitrogens with two attached hydrogens (primary N) is 1. The molecule has 66 valence electrons. The predicted octanol–water partition coefficient (Wildman–Crippen LogP) is 2.55. The van der Waals surface area contributed by atoms with Crippen LogP contribution >= 0.6 is 11.8 Å². The summed E-state index contributed by atoms with van der Waals surface area (Å²) < 4.78 is 0.195. The molecule has 0 fully saturated rings. The minimum atomic E-state index is 0.195. The summed E-state index contributed by atoms with van der Waals surface area (Å²) in [6.45, 7) is 6.47. The number of nitrogens with zero attached hydrogens (tertiary/aromatic N) is 1. The molecule has 0 aliphatic rings. The van der Waals surface area contributed by atoms with Crippen molar-refractivity contribution >= 4 is 17.4 Å². The highest BCUT2D eigenvalue weighted by Gasteiger charge is 2.12. The fourth-order valence-corrected chi connectivity index (χ4v) is 1.73. The van der Waals surface area contributed by atoms with Gasteiger partial charge in [-0.25, -0.2) is 4.98 Å². The van der Waals surface area contributed by atoms with Crippen LogP contribution in [0.15, 0.2) is 23.4 Å². The highest BCUT2D eigenvalue weighted by atomic mass is 32.2. The van der Waals surface area contributed by atoms with Crippen LogP contribution < -0.4 is 5.73 Å². The van der Waals surface area contributed by atoms with Crippen molar-refractivity contribution in [2.24, 2.45) is 0 Å². The van der Waals surface area contributed by atoms with Gasteiger partial charge < -0.3 is 5.73 Å². The third-order valence-electron chi connectivity index (χ3n) is 1.17. The Kier molecular flexibility index (Phi) is 2.62. The molecule has 2 nitrogen and oxygen atoms in total. The zero-order chi connectivity index (χ0) is 9.19. The van der Waals surface area contributed by atoms with Crippen LogP contribution in [0, 0.1) is 0 Å². The Morgan fingerprint density at radius 1 is 1.42 bits per heavy atom. The van der Waals surface area contributed by atoms with E-state index in [1.54, 1.807) is 24.0 Å². The van der Waals surface area contributed by atoms with Gasteiger partial charge >= 0.3 is 0 Å². The summed E-state index contributed by atoms with van der Waals surface area (Å²) in [6.07, 6.45) is 1.74. The highest BCUT2D eigenvalue weighted by Crippen LogP contribution is 2.30. The molecule has 1 rings (SSSR count). The number of hydrogen-bond acceptors (Lipinski definition) is 3. The first-order valence-corrected chi connectivity index (χ1v) is 4.69. The molecule has 0 unspecified atom stereocenters. The van der Waals surface area contributed by atoms with Gasteiger partial charge in [-0.15, -0.1) is 11.8 Å². The van der Waals surface area contributed by atoms with E-state index >= 15 is 0 Å². The summed E-state index contributed by atoms with van der Waals surface area (Å²) in [5.41, 5.74) is 6.40. The van der Waals surface area contributed by atoms with Gasteiger partial charge in [0.2, 0.25) is 0 Å². The molecule has 12 heavy (non-hydrogen) atoms. The molecular weight excluding hydrogens is 168 g/mol. The van der Waals surface area contributed by atoms with Gasteiger partial charge in [0, 0.05) is 16.6 Å². The summed E-state index contributed by atoms with van der Waals surface area (Å²) >= 11 is 1.72. The van der Waals surface area contributed by atoms with Gasteiger partial charge in [-0.2, -0.15) is 0 Å². The fourth-order valence-electron chi connectivity index (χ4n) is 0.794. The number of anilines is 1. The van der Waals surface area contributed by atoms with Gasteiger partial charge in [0.1, 0.15) is 0 Å². The van der Waals surface area contributed by atoms with E-state index in [1.165, 1.54) is 0 Å². The number of pyridine rings is 1. The molecule has 0 saturated carbocycles. The zero-order valence-corrected chi connectivity index (χ0v) is 8.48. The minimum Gasteiger partial charge on any atom is -0.399 e. The molecule has 1 aromatic rings. The minimum absolute atomic E-state index is 0.195. The molecule has 0 atom stereocenters. The first-order valence-electron chi connectivity index (χ1n) is 3.88. The number of nitrogen functional groups attached to an aromatic ring is 1. The molecule has 0 aliphatic heterocycles. The zero-order valence-electron chi connectivity index (χ0n) is 7.66. The lowest BCUT2D eigenvalue weighted by atomic mass is 10.3. The molecule has 0 radical (unpaired) electrons. The Balaban J connectivity index is 2.77. The van der Waals surface area contributed by atoms with Crippen molar-refractivity contribution in [2.45, 2.75) is 30.5 Å². The standard InChI is InChI=1S/C9H14N2S/c1-9(2,3)12-8-6-7(10)4-5-11-8/h4-6H,1-3H3,(H2,10,11). The monoisotopic (exact) mass is 182 g/mol. The van der Waals surface area contributed by atoms with Crippen LogP contribution in [0.25, 0.3) is 0 Å². The summed E-state index contributed by atoms with van der Waals surface area (Å²) in [5, 5.41) is 0.988. The molecule has 0 saturated heterocycles. The van der Waals surface area contributed by atoms with Crippen LogP contribution in [0.4, 0.5) is 5.69 Å². The van der Waals surface area contributed by atoms with E-state index in [-0.39, 0.29) is 4.75 Å². The summed E-state index contributed by atoms with van der Waals surface area (Å²) in [5.74, 6) is 0. The second-order valence-electron chi connectivity index (χ2n) is 3.64. The van der Waals surface area contributed by atoms with E-state index in [0.717, 1.165) is 10.7 Å². The fraction of sp³-hybridized carbons (Fsp3) is 0.444. The Hall–Kier alpha value is -0.700. The van der Waals surface area contributed by atoms with Crippen molar-refractivity contribution in [3.8, 4) is 0 Å². The lowest BCUT2D eigenvalue weighted by molar-refractivity contribution is 0.799. The van der Waals surface area contributed by atoms with Gasteiger partial charge in [0.25, 0.3) is 0 Å². The smallest absolute Gasteiger partial charge is 0.0985 e. The molecule has 2 N–H and O–H groups in total. The molecule has 0 bridgehead atoms. The van der Waals surface area contributed by atoms with Crippen LogP contribution in [-0.2, 0) is 0 Å². The van der Waals surface area contributed by atoms with Gasteiger partial charge in [0.05, 0.1) is 5.03 Å². The molecule has 3 heteroatoms. The van der Waals surface area contributed by atoms with Crippen LogP contribution in [0.3, 0.4) is 0 Å². The lowest BCUT2D eigenvalue weighted by Crippen LogP contribution is -2.07. The molecule has 0 spiro atoms. The molecule has 0 amide bonds. The first kappa shape index (κ1) is 9.39. The van der Waals surface area contributed by atoms with Crippen LogP contribution in [0.1, 0.15) is 20.8 Å². The van der Waals surface area contributed by atoms with Crippen LogP contribution in [0.2, 0.25) is 0 Å². The van der Waals surface area contributed by atoms with Crippen LogP contribution in [-0.4, -0.2) is 9.73 Å². The normalized spacial score (nSPS) is 11.6. The first-order chi connectivity index (χ1) is 5.47. The average molecular weight is 182 g/mol. The molecule has 1 heterocycles. The predicted molar refractivity (Wildman–Crippen MR) is 54.3 cm³/mol. The van der Waals surface area contributed by atoms with Crippen molar-refractivity contribution in [1.29, 1.82) is 0 Å². The van der Waals surface area contributed by atoms with Gasteiger partial charge in [-0.05, 0) is 12.1 Å². The van der Waals surface area contributed by atoms with Crippen molar-refractivity contribution in [3.63, 3.8) is 0 Å². The average Bonchev–Trinajstić information content (AvgIpc) is 1.82. The van der Waals surface area contributed by atoms with Gasteiger partial charge in [-0.3, -0.25) is 0 Å². The SMILES string of the molecule is CC(C)(C)Sc1cc(N)ccn1. The van der Waals surface area contributed by atoms with Crippen LogP contribution in [0.5, 0.6) is 0 Å². The Bertz CT molecular complexity index is 265. The lowest BCUT2D eigenvalue weighted by Gasteiger charge is -2.16. The van der Waals surface area contributed by atoms with E-state index in [4.69, 9.17) is 5.73 Å². The van der Waals surface area contributed by atoms with Crippen molar-refractivity contribution in [2.75, 3.05) is 5.73 Å². The summed E-state index contributed by atoms with van der Waals surface area (Å²) in [7, 11) is 0. The molecule has 1 aromatic heterocycles. The Morgan fingerprint density at radius 2 is 2.08 bits per heavy atom. The largest absolute Gasteiger partial charge is 0.399 e. The van der Waals surface area contributed by atoms with E-state index in [2.05, 4.69) is 25.8 Å². The Labute approximate surface area is 77.6 Å². The van der Waals surface area contributed by atoms with Crippen molar-refractivity contribution in [1.82, 2.24) is 4.98 Å². The second-order valence-corrected chi connectivity index (χ2v) is 5.49. The number of hydrogen-bond donors (Lipinski definition) is 1. The molecule has 0 aliphatic carbocycles. The highest BCUT2D eigenvalue weighted by molar-refractivity contribution is 8.00. The third-order valence-corrected chi connectivity index (χ3v) is 2.21. The van der Waals surface area contributed by atoms with E-state index in [9.17, 15) is 0 Å². The van der Waals surface area contributed by atoms with E-state index in [1.807, 2.05) is 6.07 Å². The number of rotatable bonds is 1. The number of aromatic nitrogens is 1. The molecular formula is C9H14N2S. The third kappa shape index (κ3) is 3.13. The maximum atomic E-state index is 5.62. The van der Waals surface area contributed by atoms with Crippen molar-refractivity contribution < 1.29 is 0 Å². The second kappa shape index (κ2) is 3.35. The summed E-state index contributed by atoms with van der Waals surface area (Å²) in [6, 6.07) is 3.70. The summed E-state index contributed by atoms with van der Waals surface area (Å²) in [4.78, 5) is 4.21. The number of thioether (sulfide) groups is 1. The molecule has 0 aromatic carbocycles. The quantitative estimate of drug-likeness (QED) is 0.678. The van der Waals surface area contributed by atoms with Gasteiger partial charge in [0.15, 0.2) is 0 Å².